The molecule has 0 radical (unpaired) electrons. The van der Waals surface area contributed by atoms with Crippen LogP contribution in [-0.4, -0.2) is 42.5 Å². The first-order chi connectivity index (χ1) is 10.1. The smallest absolute Gasteiger partial charge is 0.242 e. The van der Waals surface area contributed by atoms with E-state index in [1.165, 1.54) is 12.8 Å². The fraction of sp³-hybridized carbons (Fsp3) is 0.500. The number of hydrogen-bond acceptors (Lipinski definition) is 3. The lowest BCUT2D eigenvalue weighted by Gasteiger charge is -2.25. The van der Waals surface area contributed by atoms with E-state index in [1.54, 1.807) is 0 Å². The molecule has 2 N–H and O–H groups in total. The molecule has 4 nitrogen and oxygen atoms in total. The van der Waals surface area contributed by atoms with Crippen molar-refractivity contribution in [2.45, 2.75) is 25.7 Å². The van der Waals surface area contributed by atoms with Crippen LogP contribution in [0, 0.1) is 0 Å². The van der Waals surface area contributed by atoms with E-state index in [-0.39, 0.29) is 5.91 Å². The van der Waals surface area contributed by atoms with Crippen molar-refractivity contribution in [2.75, 3.05) is 31.6 Å². The Kier molecular flexibility index (Phi) is 5.56. The minimum Gasteiger partial charge on any atom is -0.389 e. The number of nitrogens with two attached hydrogens (primary N) is 1. The highest BCUT2D eigenvalue weighted by molar-refractivity contribution is 7.80. The lowest BCUT2D eigenvalue weighted by Crippen LogP contribution is -2.39. The van der Waals surface area contributed by atoms with Crippen LogP contribution >= 0.6 is 12.2 Å². The summed E-state index contributed by atoms with van der Waals surface area (Å²) in [6.45, 7) is 2.17. The van der Waals surface area contributed by atoms with Gasteiger partial charge in [0.2, 0.25) is 5.91 Å². The van der Waals surface area contributed by atoms with Crippen LogP contribution in [0.3, 0.4) is 0 Å². The Labute approximate surface area is 131 Å². The van der Waals surface area contributed by atoms with Crippen molar-refractivity contribution in [3.8, 4) is 0 Å². The van der Waals surface area contributed by atoms with Gasteiger partial charge < -0.3 is 15.5 Å². The molecule has 0 unspecified atom stereocenters. The van der Waals surface area contributed by atoms with E-state index in [9.17, 15) is 4.79 Å². The van der Waals surface area contributed by atoms with Gasteiger partial charge in [0.25, 0.3) is 0 Å². The van der Waals surface area contributed by atoms with E-state index in [4.69, 9.17) is 18.0 Å². The third-order valence-electron chi connectivity index (χ3n) is 3.90. The van der Waals surface area contributed by atoms with Crippen LogP contribution < -0.4 is 10.6 Å². The fourth-order valence-corrected chi connectivity index (χ4v) is 2.74. The molecule has 1 aliphatic rings. The van der Waals surface area contributed by atoms with Crippen LogP contribution in [0.25, 0.3) is 0 Å². The van der Waals surface area contributed by atoms with Crippen molar-refractivity contribution in [1.29, 1.82) is 0 Å². The Bertz CT molecular complexity index is 510. The van der Waals surface area contributed by atoms with Gasteiger partial charge >= 0.3 is 0 Å². The van der Waals surface area contributed by atoms with E-state index in [1.807, 2.05) is 41.1 Å². The van der Waals surface area contributed by atoms with E-state index in [2.05, 4.69) is 0 Å². The van der Waals surface area contributed by atoms with Gasteiger partial charge in [0.15, 0.2) is 0 Å². The van der Waals surface area contributed by atoms with Gasteiger partial charge in [-0.25, -0.2) is 0 Å². The molecule has 0 saturated carbocycles. The van der Waals surface area contributed by atoms with E-state index in [0.717, 1.165) is 37.2 Å². The summed E-state index contributed by atoms with van der Waals surface area (Å²) < 4.78 is 0. The van der Waals surface area contributed by atoms with Gasteiger partial charge in [0, 0.05) is 31.4 Å². The van der Waals surface area contributed by atoms with Crippen LogP contribution in [0.1, 0.15) is 31.2 Å². The highest BCUT2D eigenvalue weighted by Crippen LogP contribution is 2.16. The van der Waals surface area contributed by atoms with Gasteiger partial charge in [-0.2, -0.15) is 0 Å². The third kappa shape index (κ3) is 4.43. The predicted octanol–water partition coefficient (Wildman–Crippen LogP) is 2.16. The number of amides is 1. The average Bonchev–Trinajstić information content (AvgIpc) is 2.76. The van der Waals surface area contributed by atoms with Gasteiger partial charge in [-0.15, -0.1) is 0 Å². The minimum atomic E-state index is 0.195. The van der Waals surface area contributed by atoms with Gasteiger partial charge in [0.1, 0.15) is 4.99 Å². The number of benzene rings is 1. The second-order valence-corrected chi connectivity index (χ2v) is 6.01. The summed E-state index contributed by atoms with van der Waals surface area (Å²) in [5.41, 5.74) is 7.45. The van der Waals surface area contributed by atoms with Crippen molar-refractivity contribution in [3.63, 3.8) is 0 Å². The molecule has 2 rings (SSSR count). The third-order valence-corrected chi connectivity index (χ3v) is 4.14. The monoisotopic (exact) mass is 305 g/mol. The summed E-state index contributed by atoms with van der Waals surface area (Å²) >= 11 is 5.00. The highest BCUT2D eigenvalue weighted by atomic mass is 32.1. The summed E-state index contributed by atoms with van der Waals surface area (Å²) in [7, 11) is 1.92. The number of anilines is 1. The fourth-order valence-electron chi connectivity index (χ4n) is 2.61. The van der Waals surface area contributed by atoms with Gasteiger partial charge in [-0.05, 0) is 25.0 Å². The van der Waals surface area contributed by atoms with Crippen LogP contribution in [0.4, 0.5) is 5.69 Å². The van der Waals surface area contributed by atoms with Crippen LogP contribution in [0.5, 0.6) is 0 Å². The molecule has 0 spiro atoms. The minimum absolute atomic E-state index is 0.195. The molecule has 0 aliphatic carbocycles. The predicted molar refractivity (Wildman–Crippen MR) is 90.6 cm³/mol. The van der Waals surface area contributed by atoms with Crippen molar-refractivity contribution in [3.05, 3.63) is 29.8 Å². The average molecular weight is 305 g/mol. The Hall–Kier alpha value is -1.62. The number of likely N-dealkylation sites (N-methyl/N-ethyl adjacent to an activating group) is 1. The molecule has 1 amide bonds. The number of carbonyl (C=O) groups excluding carboxylic acids is 1. The zero-order valence-corrected chi connectivity index (χ0v) is 13.4. The lowest BCUT2D eigenvalue weighted by molar-refractivity contribution is -0.129. The maximum Gasteiger partial charge on any atom is 0.242 e. The Morgan fingerprint density at radius 3 is 2.57 bits per heavy atom. The summed E-state index contributed by atoms with van der Waals surface area (Å²) in [4.78, 5) is 16.7. The number of rotatable bonds is 4. The first kappa shape index (κ1) is 15.8. The van der Waals surface area contributed by atoms with E-state index < -0.39 is 0 Å². The van der Waals surface area contributed by atoms with Crippen LogP contribution in [-0.2, 0) is 4.79 Å². The van der Waals surface area contributed by atoms with Gasteiger partial charge in [-0.3, -0.25) is 4.79 Å². The van der Waals surface area contributed by atoms with Gasteiger partial charge in [0.05, 0.1) is 6.54 Å². The zero-order chi connectivity index (χ0) is 15.2. The maximum absolute atomic E-state index is 12.4. The number of carbonyl (C=O) groups is 1. The summed E-state index contributed by atoms with van der Waals surface area (Å²) in [6, 6.07) is 7.70. The topological polar surface area (TPSA) is 49.6 Å². The molecule has 1 fully saturated rings. The van der Waals surface area contributed by atoms with Crippen molar-refractivity contribution in [2.24, 2.45) is 5.73 Å². The first-order valence-corrected chi connectivity index (χ1v) is 7.87. The SMILES string of the molecule is CN(CC(=O)N1CCCCCC1)c1cccc(C(N)=S)c1. The highest BCUT2D eigenvalue weighted by Gasteiger charge is 2.17. The van der Waals surface area contributed by atoms with Crippen LogP contribution in [0.15, 0.2) is 24.3 Å². The molecule has 1 aromatic carbocycles. The summed E-state index contributed by atoms with van der Waals surface area (Å²) in [6.07, 6.45) is 4.70. The molecule has 0 aromatic heterocycles. The quantitative estimate of drug-likeness (QED) is 0.866. The molecular formula is C16H23N3OS. The molecule has 1 heterocycles. The molecule has 0 bridgehead atoms. The van der Waals surface area contributed by atoms with Crippen molar-refractivity contribution in [1.82, 2.24) is 4.90 Å². The number of thiocarbonyl (C=S) groups is 1. The standard InChI is InChI=1S/C16H23N3OS/c1-18(14-8-6-7-13(11-14)16(17)21)12-15(20)19-9-4-2-3-5-10-19/h6-8,11H,2-5,9-10,12H2,1H3,(H2,17,21). The van der Waals surface area contributed by atoms with E-state index >= 15 is 0 Å². The second-order valence-electron chi connectivity index (χ2n) is 5.57. The molecule has 1 aromatic rings. The normalized spacial score (nSPS) is 15.4. The van der Waals surface area contributed by atoms with Gasteiger partial charge in [-0.1, -0.05) is 37.2 Å². The Morgan fingerprint density at radius 2 is 1.95 bits per heavy atom. The van der Waals surface area contributed by atoms with E-state index in [0.29, 0.717) is 11.5 Å². The number of hydrogen-bond donors (Lipinski definition) is 1. The molecule has 0 atom stereocenters. The zero-order valence-electron chi connectivity index (χ0n) is 12.5. The largest absolute Gasteiger partial charge is 0.389 e. The van der Waals surface area contributed by atoms with Crippen LogP contribution in [0.2, 0.25) is 0 Å². The second kappa shape index (κ2) is 7.41. The molecular weight excluding hydrogens is 282 g/mol. The first-order valence-electron chi connectivity index (χ1n) is 7.46. The lowest BCUT2D eigenvalue weighted by atomic mass is 10.2. The molecule has 1 aliphatic heterocycles. The summed E-state index contributed by atoms with van der Waals surface area (Å²) in [5.74, 6) is 0.195. The number of nitrogens with zero attached hydrogens (tertiary/aromatic N) is 2. The molecule has 1 saturated heterocycles. The molecule has 114 valence electrons. The number of likely N-dealkylation sites (tertiary alicyclic amines) is 1. The molecule has 21 heavy (non-hydrogen) atoms. The molecule has 5 heteroatoms. The van der Waals surface area contributed by atoms with Crippen molar-refractivity contribution < 1.29 is 4.79 Å². The maximum atomic E-state index is 12.4. The van der Waals surface area contributed by atoms with Crippen molar-refractivity contribution >= 4 is 28.8 Å². The Morgan fingerprint density at radius 1 is 1.29 bits per heavy atom. The Balaban J connectivity index is 1.99. The summed E-state index contributed by atoms with van der Waals surface area (Å²) in [5, 5.41) is 0.